The minimum atomic E-state index is -0.639. The number of anilines is 2. The molecular weight excluding hydrogens is 277 g/mol. The zero-order chi connectivity index (χ0) is 13.4. The van der Waals surface area contributed by atoms with Crippen molar-refractivity contribution in [3.05, 3.63) is 22.7 Å². The van der Waals surface area contributed by atoms with Gasteiger partial charge < -0.3 is 16.0 Å². The van der Waals surface area contributed by atoms with Gasteiger partial charge in [-0.3, -0.25) is 0 Å². The molecule has 8 heteroatoms. The van der Waals surface area contributed by atoms with E-state index in [0.29, 0.717) is 5.16 Å². The molecule has 0 aliphatic rings. The third kappa shape index (κ3) is 2.11. The first-order chi connectivity index (χ1) is 8.41. The number of nitrogen functional groups attached to an aromatic ring is 2. The Labute approximate surface area is 112 Å². The van der Waals surface area contributed by atoms with Crippen molar-refractivity contribution in [2.24, 2.45) is 7.05 Å². The Balaban J connectivity index is 2.47. The van der Waals surface area contributed by atoms with Crippen molar-refractivity contribution >= 4 is 34.7 Å². The summed E-state index contributed by atoms with van der Waals surface area (Å²) < 4.78 is 15.7. The highest BCUT2D eigenvalue weighted by Crippen LogP contribution is 2.38. The van der Waals surface area contributed by atoms with Crippen LogP contribution in [0.1, 0.15) is 5.82 Å². The fourth-order valence-electron chi connectivity index (χ4n) is 1.32. The molecule has 5 nitrogen and oxygen atoms in total. The van der Waals surface area contributed by atoms with Crippen LogP contribution in [0.2, 0.25) is 5.02 Å². The van der Waals surface area contributed by atoms with Gasteiger partial charge in [-0.15, -0.1) is 10.2 Å². The highest BCUT2D eigenvalue weighted by Gasteiger charge is 2.18. The molecule has 0 spiro atoms. The molecule has 0 saturated heterocycles. The van der Waals surface area contributed by atoms with Gasteiger partial charge in [-0.25, -0.2) is 4.39 Å². The Morgan fingerprint density at radius 3 is 2.56 bits per heavy atom. The van der Waals surface area contributed by atoms with E-state index in [2.05, 4.69) is 10.2 Å². The fourth-order valence-corrected chi connectivity index (χ4v) is 2.43. The van der Waals surface area contributed by atoms with Gasteiger partial charge in [0.1, 0.15) is 10.8 Å². The lowest BCUT2D eigenvalue weighted by molar-refractivity contribution is 0.604. The molecule has 1 aromatic heterocycles. The molecule has 0 atom stereocenters. The lowest BCUT2D eigenvalue weighted by atomic mass is 10.3. The minimum Gasteiger partial charge on any atom is -0.398 e. The Bertz CT molecular complexity index is 613. The first-order valence-corrected chi connectivity index (χ1v) is 6.18. The molecule has 0 amide bonds. The number of aromatic nitrogens is 3. The van der Waals surface area contributed by atoms with Crippen molar-refractivity contribution in [1.82, 2.24) is 14.8 Å². The third-order valence-electron chi connectivity index (χ3n) is 2.46. The molecular formula is C10H11ClFN5S. The fraction of sp³-hybridized carbons (Fsp3) is 0.200. The molecule has 0 aliphatic heterocycles. The minimum absolute atomic E-state index is 0.116. The van der Waals surface area contributed by atoms with Crippen molar-refractivity contribution in [3.63, 3.8) is 0 Å². The quantitative estimate of drug-likeness (QED) is 0.828. The average Bonchev–Trinajstić information content (AvgIpc) is 2.63. The van der Waals surface area contributed by atoms with E-state index in [1.807, 2.05) is 0 Å². The maximum Gasteiger partial charge on any atom is 0.195 e. The van der Waals surface area contributed by atoms with Crippen LogP contribution < -0.4 is 11.5 Å². The van der Waals surface area contributed by atoms with Gasteiger partial charge in [0.05, 0.1) is 16.3 Å². The number of hydrogen-bond acceptors (Lipinski definition) is 5. The molecule has 18 heavy (non-hydrogen) atoms. The van der Waals surface area contributed by atoms with Gasteiger partial charge in [-0.2, -0.15) is 0 Å². The van der Waals surface area contributed by atoms with E-state index >= 15 is 0 Å². The molecule has 0 saturated carbocycles. The van der Waals surface area contributed by atoms with Gasteiger partial charge in [-0.1, -0.05) is 11.6 Å². The van der Waals surface area contributed by atoms with E-state index in [1.165, 1.54) is 6.07 Å². The van der Waals surface area contributed by atoms with E-state index in [0.717, 1.165) is 17.6 Å². The SMILES string of the molecule is Cc1nnc(Sc2c(N)cc(N)c(Cl)c2F)n1C. The number of nitrogens with zero attached hydrogens (tertiary/aromatic N) is 3. The van der Waals surface area contributed by atoms with Crippen LogP contribution in [0.25, 0.3) is 0 Å². The number of halogens is 2. The van der Waals surface area contributed by atoms with E-state index in [1.54, 1.807) is 18.5 Å². The van der Waals surface area contributed by atoms with E-state index < -0.39 is 5.82 Å². The normalized spacial score (nSPS) is 10.9. The third-order valence-corrected chi connectivity index (χ3v) is 4.01. The topological polar surface area (TPSA) is 82.8 Å². The molecule has 0 radical (unpaired) electrons. The molecule has 4 N–H and O–H groups in total. The molecule has 1 aromatic carbocycles. The van der Waals surface area contributed by atoms with Crippen LogP contribution in [0.4, 0.5) is 15.8 Å². The second-order valence-electron chi connectivity index (χ2n) is 3.70. The van der Waals surface area contributed by atoms with Crippen LogP contribution >= 0.6 is 23.4 Å². The van der Waals surface area contributed by atoms with Crippen molar-refractivity contribution in [3.8, 4) is 0 Å². The molecule has 0 bridgehead atoms. The van der Waals surface area contributed by atoms with Crippen LogP contribution in [-0.2, 0) is 7.05 Å². The van der Waals surface area contributed by atoms with Crippen LogP contribution in [0, 0.1) is 12.7 Å². The van der Waals surface area contributed by atoms with Crippen LogP contribution in [0.15, 0.2) is 16.1 Å². The highest BCUT2D eigenvalue weighted by molar-refractivity contribution is 7.99. The largest absolute Gasteiger partial charge is 0.398 e. The maximum absolute atomic E-state index is 14.0. The summed E-state index contributed by atoms with van der Waals surface area (Å²) in [6.45, 7) is 1.80. The van der Waals surface area contributed by atoms with E-state index in [4.69, 9.17) is 23.1 Å². The summed E-state index contributed by atoms with van der Waals surface area (Å²) in [5, 5.41) is 8.20. The van der Waals surface area contributed by atoms with E-state index in [9.17, 15) is 4.39 Å². The number of benzene rings is 1. The zero-order valence-electron chi connectivity index (χ0n) is 9.74. The van der Waals surface area contributed by atoms with E-state index in [-0.39, 0.29) is 21.3 Å². The maximum atomic E-state index is 14.0. The second kappa shape index (κ2) is 4.66. The molecule has 0 aliphatic carbocycles. The summed E-state index contributed by atoms with van der Waals surface area (Å²) in [5.41, 5.74) is 11.6. The lowest BCUT2D eigenvalue weighted by Crippen LogP contribution is -2.00. The van der Waals surface area contributed by atoms with Gasteiger partial charge in [0.2, 0.25) is 0 Å². The smallest absolute Gasteiger partial charge is 0.195 e. The second-order valence-corrected chi connectivity index (χ2v) is 5.06. The van der Waals surface area contributed by atoms with Crippen molar-refractivity contribution < 1.29 is 4.39 Å². The molecule has 2 aromatic rings. The zero-order valence-corrected chi connectivity index (χ0v) is 11.3. The van der Waals surface area contributed by atoms with Crippen molar-refractivity contribution in [2.45, 2.75) is 17.0 Å². The van der Waals surface area contributed by atoms with Gasteiger partial charge in [0.25, 0.3) is 0 Å². The molecule has 2 rings (SSSR count). The highest BCUT2D eigenvalue weighted by atomic mass is 35.5. The predicted octanol–water partition coefficient (Wildman–Crippen LogP) is 2.23. The Morgan fingerprint density at radius 2 is 2.00 bits per heavy atom. The number of nitrogens with two attached hydrogens (primary N) is 2. The van der Waals surface area contributed by atoms with Crippen LogP contribution in [0.5, 0.6) is 0 Å². The van der Waals surface area contributed by atoms with Crippen LogP contribution in [-0.4, -0.2) is 14.8 Å². The predicted molar refractivity (Wildman–Crippen MR) is 70.1 cm³/mol. The van der Waals surface area contributed by atoms with Gasteiger partial charge in [0.15, 0.2) is 11.0 Å². The van der Waals surface area contributed by atoms with Crippen molar-refractivity contribution in [2.75, 3.05) is 11.5 Å². The van der Waals surface area contributed by atoms with Gasteiger partial charge >= 0.3 is 0 Å². The van der Waals surface area contributed by atoms with Gasteiger partial charge in [-0.05, 0) is 24.8 Å². The molecule has 0 unspecified atom stereocenters. The van der Waals surface area contributed by atoms with Crippen molar-refractivity contribution in [1.29, 1.82) is 0 Å². The summed E-state index contributed by atoms with van der Waals surface area (Å²) >= 11 is 6.81. The summed E-state index contributed by atoms with van der Waals surface area (Å²) in [6.07, 6.45) is 0. The molecule has 0 fully saturated rings. The summed E-state index contributed by atoms with van der Waals surface area (Å²) in [6, 6.07) is 1.43. The molecule has 1 heterocycles. The summed E-state index contributed by atoms with van der Waals surface area (Å²) in [5.74, 6) is 0.0813. The average molecular weight is 288 g/mol. The van der Waals surface area contributed by atoms with Gasteiger partial charge in [0, 0.05) is 7.05 Å². The monoisotopic (exact) mass is 287 g/mol. The first kappa shape index (κ1) is 13.0. The number of aryl methyl sites for hydroxylation is 1. The Hall–Kier alpha value is -1.47. The first-order valence-electron chi connectivity index (χ1n) is 4.98. The summed E-state index contributed by atoms with van der Waals surface area (Å²) in [7, 11) is 1.78. The number of hydrogen-bond donors (Lipinski definition) is 2. The lowest BCUT2D eigenvalue weighted by Gasteiger charge is -2.09. The Morgan fingerprint density at radius 1 is 1.33 bits per heavy atom. The summed E-state index contributed by atoms with van der Waals surface area (Å²) in [4.78, 5) is 0.199. The standard InChI is InChI=1S/C10H11ClFN5S/c1-4-15-16-10(17(4)2)18-9-6(14)3-5(13)7(11)8(9)12/h3H,13-14H2,1-2H3. The van der Waals surface area contributed by atoms with Crippen LogP contribution in [0.3, 0.4) is 0 Å². The number of rotatable bonds is 2. The Kier molecular flexibility index (Phi) is 3.36. The molecule has 96 valence electrons.